The zero-order valence-electron chi connectivity index (χ0n) is 9.15. The van der Waals surface area contributed by atoms with Crippen LogP contribution in [-0.2, 0) is 0 Å². The fraction of sp³-hybridized carbons (Fsp3) is 0.667. The van der Waals surface area contributed by atoms with Gasteiger partial charge >= 0.3 is 0 Å². The van der Waals surface area contributed by atoms with Crippen LogP contribution in [0.5, 0.6) is 0 Å². The molecule has 12 heavy (non-hydrogen) atoms. The summed E-state index contributed by atoms with van der Waals surface area (Å²) in [5.41, 5.74) is 1.93. The Bertz CT molecular complexity index is 165. The first kappa shape index (κ1) is 11.5. The normalized spacial score (nSPS) is 14.2. The molecule has 0 heteroatoms. The van der Waals surface area contributed by atoms with E-state index in [1.165, 1.54) is 12.0 Å². The molecular formula is C12H22. The van der Waals surface area contributed by atoms with Gasteiger partial charge in [0.1, 0.15) is 0 Å². The Morgan fingerprint density at radius 1 is 1.25 bits per heavy atom. The average Bonchev–Trinajstić information content (AvgIpc) is 1.84. The number of allylic oxidation sites excluding steroid dienone is 4. The van der Waals surface area contributed by atoms with Crippen molar-refractivity contribution < 1.29 is 0 Å². The monoisotopic (exact) mass is 166 g/mol. The highest BCUT2D eigenvalue weighted by atomic mass is 14.1. The van der Waals surface area contributed by atoms with Crippen LogP contribution in [0.2, 0.25) is 0 Å². The van der Waals surface area contributed by atoms with Gasteiger partial charge < -0.3 is 0 Å². The van der Waals surface area contributed by atoms with Gasteiger partial charge in [-0.05, 0) is 32.1 Å². The zero-order valence-corrected chi connectivity index (χ0v) is 9.15. The van der Waals surface area contributed by atoms with E-state index in [-0.39, 0.29) is 0 Å². The second-order valence-electron chi connectivity index (χ2n) is 4.59. The summed E-state index contributed by atoms with van der Waals surface area (Å²) in [6, 6.07) is 0. The summed E-state index contributed by atoms with van der Waals surface area (Å²) in [5.74, 6) is 0. The Morgan fingerprint density at radius 3 is 2.25 bits per heavy atom. The lowest BCUT2D eigenvalue weighted by molar-refractivity contribution is 0.409. The van der Waals surface area contributed by atoms with Crippen molar-refractivity contribution in [3.8, 4) is 0 Å². The van der Waals surface area contributed by atoms with E-state index in [1.807, 2.05) is 0 Å². The van der Waals surface area contributed by atoms with Crippen molar-refractivity contribution in [1.82, 2.24) is 0 Å². The minimum atomic E-state index is 0.427. The maximum atomic E-state index is 2.31. The first-order valence-electron chi connectivity index (χ1n) is 4.72. The topological polar surface area (TPSA) is 0 Å². The van der Waals surface area contributed by atoms with Crippen LogP contribution in [0.15, 0.2) is 23.8 Å². The van der Waals surface area contributed by atoms with Gasteiger partial charge in [0, 0.05) is 0 Å². The van der Waals surface area contributed by atoms with E-state index in [9.17, 15) is 0 Å². The van der Waals surface area contributed by atoms with E-state index in [1.54, 1.807) is 0 Å². The van der Waals surface area contributed by atoms with Crippen LogP contribution in [-0.4, -0.2) is 0 Å². The molecule has 0 N–H and O–H groups in total. The molecule has 0 spiro atoms. The van der Waals surface area contributed by atoms with Crippen molar-refractivity contribution in [2.24, 2.45) is 5.41 Å². The summed E-state index contributed by atoms with van der Waals surface area (Å²) < 4.78 is 0. The SMILES string of the molecule is C/C=C\C/C=C(/C)CC(C)(C)C. The highest BCUT2D eigenvalue weighted by Gasteiger charge is 2.09. The molecule has 0 saturated carbocycles. The van der Waals surface area contributed by atoms with Gasteiger partial charge in [-0.15, -0.1) is 0 Å². The molecule has 0 saturated heterocycles. The molecule has 0 unspecified atom stereocenters. The molecule has 0 aromatic rings. The summed E-state index contributed by atoms with van der Waals surface area (Å²) in [4.78, 5) is 0. The van der Waals surface area contributed by atoms with Gasteiger partial charge in [-0.1, -0.05) is 44.6 Å². The van der Waals surface area contributed by atoms with Crippen molar-refractivity contribution in [2.75, 3.05) is 0 Å². The largest absolute Gasteiger partial charge is 0.0914 e. The molecule has 0 aliphatic carbocycles. The van der Waals surface area contributed by atoms with Crippen LogP contribution in [0.4, 0.5) is 0 Å². The first-order chi connectivity index (χ1) is 5.45. The van der Waals surface area contributed by atoms with Crippen LogP contribution >= 0.6 is 0 Å². The molecule has 0 aliphatic heterocycles. The maximum Gasteiger partial charge on any atom is -0.0167 e. The lowest BCUT2D eigenvalue weighted by Crippen LogP contribution is -2.04. The van der Waals surface area contributed by atoms with Crippen molar-refractivity contribution in [2.45, 2.75) is 47.5 Å². The van der Waals surface area contributed by atoms with E-state index in [4.69, 9.17) is 0 Å². The summed E-state index contributed by atoms with van der Waals surface area (Å²) in [6.07, 6.45) is 8.88. The second kappa shape index (κ2) is 5.18. The standard InChI is InChI=1S/C12H22/c1-6-7-8-9-11(2)10-12(3,4)5/h6-7,9H,8,10H2,1-5H3/b7-6-,11-9-. The minimum absolute atomic E-state index is 0.427. The van der Waals surface area contributed by atoms with Crippen molar-refractivity contribution in [1.29, 1.82) is 0 Å². The van der Waals surface area contributed by atoms with Gasteiger partial charge in [0.2, 0.25) is 0 Å². The minimum Gasteiger partial charge on any atom is -0.0914 e. The summed E-state index contributed by atoms with van der Waals surface area (Å²) in [5, 5.41) is 0. The van der Waals surface area contributed by atoms with Crippen molar-refractivity contribution in [3.63, 3.8) is 0 Å². The predicted octanol–water partition coefficient (Wildman–Crippen LogP) is 4.34. The molecule has 0 radical (unpaired) electrons. The van der Waals surface area contributed by atoms with Crippen molar-refractivity contribution in [3.05, 3.63) is 23.8 Å². The summed E-state index contributed by atoms with van der Waals surface area (Å²) in [6.45, 7) is 11.1. The fourth-order valence-electron chi connectivity index (χ4n) is 1.31. The molecule has 0 bridgehead atoms. The number of hydrogen-bond acceptors (Lipinski definition) is 0. The summed E-state index contributed by atoms with van der Waals surface area (Å²) in [7, 11) is 0. The summed E-state index contributed by atoms with van der Waals surface area (Å²) >= 11 is 0. The third kappa shape index (κ3) is 7.59. The molecule has 70 valence electrons. The highest BCUT2D eigenvalue weighted by molar-refractivity contribution is 5.03. The molecule has 0 aliphatic rings. The second-order valence-corrected chi connectivity index (χ2v) is 4.59. The Kier molecular flexibility index (Phi) is 4.96. The molecule has 0 fully saturated rings. The maximum absolute atomic E-state index is 2.31. The van der Waals surface area contributed by atoms with Gasteiger partial charge in [-0.2, -0.15) is 0 Å². The van der Waals surface area contributed by atoms with Crippen LogP contribution in [0, 0.1) is 5.41 Å². The van der Waals surface area contributed by atoms with Gasteiger partial charge in [0.25, 0.3) is 0 Å². The molecule has 0 amide bonds. The van der Waals surface area contributed by atoms with Crippen LogP contribution in [0.1, 0.15) is 47.5 Å². The first-order valence-corrected chi connectivity index (χ1v) is 4.72. The van der Waals surface area contributed by atoms with E-state index >= 15 is 0 Å². The van der Waals surface area contributed by atoms with Crippen LogP contribution in [0.25, 0.3) is 0 Å². The van der Waals surface area contributed by atoms with Gasteiger partial charge in [-0.25, -0.2) is 0 Å². The highest BCUT2D eigenvalue weighted by Crippen LogP contribution is 2.23. The molecule has 0 nitrogen and oxygen atoms in total. The van der Waals surface area contributed by atoms with Gasteiger partial charge in [-0.3, -0.25) is 0 Å². The van der Waals surface area contributed by atoms with E-state index in [0.717, 1.165) is 6.42 Å². The van der Waals surface area contributed by atoms with Crippen LogP contribution < -0.4 is 0 Å². The molecule has 0 aromatic heterocycles. The average molecular weight is 166 g/mol. The Labute approximate surface area is 77.4 Å². The fourth-order valence-corrected chi connectivity index (χ4v) is 1.31. The smallest absolute Gasteiger partial charge is 0.0167 e. The number of hydrogen-bond donors (Lipinski definition) is 0. The third-order valence-electron chi connectivity index (χ3n) is 1.65. The third-order valence-corrected chi connectivity index (χ3v) is 1.65. The number of rotatable bonds is 3. The quantitative estimate of drug-likeness (QED) is 0.547. The van der Waals surface area contributed by atoms with Gasteiger partial charge in [0.15, 0.2) is 0 Å². The molecular weight excluding hydrogens is 144 g/mol. The Hall–Kier alpha value is -0.520. The lowest BCUT2D eigenvalue weighted by atomic mass is 9.88. The predicted molar refractivity (Wildman–Crippen MR) is 57.3 cm³/mol. The molecule has 0 atom stereocenters. The van der Waals surface area contributed by atoms with Crippen molar-refractivity contribution >= 4 is 0 Å². The van der Waals surface area contributed by atoms with Gasteiger partial charge in [0.05, 0.1) is 0 Å². The molecule has 0 rings (SSSR count). The zero-order chi connectivity index (χ0) is 9.61. The Morgan fingerprint density at radius 2 is 1.83 bits per heavy atom. The lowest BCUT2D eigenvalue weighted by Gasteiger charge is -2.18. The molecule has 0 aromatic carbocycles. The van der Waals surface area contributed by atoms with E-state index < -0.39 is 0 Å². The van der Waals surface area contributed by atoms with E-state index in [0.29, 0.717) is 5.41 Å². The van der Waals surface area contributed by atoms with E-state index in [2.05, 4.69) is 52.8 Å². The molecule has 0 heterocycles. The Balaban J connectivity index is 3.86. The van der Waals surface area contributed by atoms with Crippen LogP contribution in [0.3, 0.4) is 0 Å².